The molecule has 2 aromatic carbocycles. The van der Waals surface area contributed by atoms with Crippen LogP contribution in [-0.2, 0) is 11.2 Å². The van der Waals surface area contributed by atoms with Crippen LogP contribution in [0.1, 0.15) is 23.5 Å². The number of rotatable bonds is 5. The molecular formula is C19H20ClNO. The van der Waals surface area contributed by atoms with Gasteiger partial charge in [-0.05, 0) is 29.7 Å². The van der Waals surface area contributed by atoms with E-state index in [0.717, 1.165) is 30.8 Å². The molecule has 0 unspecified atom stereocenters. The Balaban J connectivity index is 1.93. The van der Waals surface area contributed by atoms with Crippen LogP contribution in [0, 0.1) is 5.41 Å². The van der Waals surface area contributed by atoms with Crippen LogP contribution in [0.25, 0.3) is 0 Å². The van der Waals surface area contributed by atoms with Gasteiger partial charge in [-0.1, -0.05) is 54.1 Å². The fraction of sp³-hybridized carbons (Fsp3) is 0.316. The van der Waals surface area contributed by atoms with E-state index in [1.807, 2.05) is 18.2 Å². The first-order valence-electron chi connectivity index (χ1n) is 7.67. The average Bonchev–Trinajstić information content (AvgIpc) is 2.93. The van der Waals surface area contributed by atoms with Gasteiger partial charge in [-0.25, -0.2) is 0 Å². The summed E-state index contributed by atoms with van der Waals surface area (Å²) in [6.45, 7) is 1.77. The molecule has 0 aromatic heterocycles. The van der Waals surface area contributed by atoms with Gasteiger partial charge in [0.05, 0.1) is 0 Å². The molecule has 1 heterocycles. The number of nitrogens with one attached hydrogen (secondary N) is 1. The molecule has 2 atom stereocenters. The Labute approximate surface area is 136 Å². The van der Waals surface area contributed by atoms with Crippen LogP contribution in [0.5, 0.6) is 0 Å². The molecule has 1 aliphatic rings. The van der Waals surface area contributed by atoms with Crippen LogP contribution in [0.15, 0.2) is 54.6 Å². The minimum Gasteiger partial charge on any atom is -0.316 e. The van der Waals surface area contributed by atoms with Gasteiger partial charge < -0.3 is 10.1 Å². The fourth-order valence-corrected chi connectivity index (χ4v) is 3.74. The van der Waals surface area contributed by atoms with Crippen molar-refractivity contribution in [1.29, 1.82) is 0 Å². The molecule has 0 amide bonds. The van der Waals surface area contributed by atoms with Crippen molar-refractivity contribution in [2.75, 3.05) is 13.1 Å². The van der Waals surface area contributed by atoms with Crippen molar-refractivity contribution in [3.63, 3.8) is 0 Å². The largest absolute Gasteiger partial charge is 0.316 e. The molecule has 1 aliphatic heterocycles. The van der Waals surface area contributed by atoms with Gasteiger partial charge in [-0.15, -0.1) is 0 Å². The summed E-state index contributed by atoms with van der Waals surface area (Å²) in [5.74, 6) is 0.329. The van der Waals surface area contributed by atoms with Gasteiger partial charge in [0.25, 0.3) is 0 Å². The third-order valence-corrected chi connectivity index (χ3v) is 4.98. The number of carbonyl (C=O) groups is 1. The van der Waals surface area contributed by atoms with Crippen molar-refractivity contribution >= 4 is 17.9 Å². The van der Waals surface area contributed by atoms with Gasteiger partial charge >= 0.3 is 0 Å². The van der Waals surface area contributed by atoms with E-state index in [-0.39, 0.29) is 5.41 Å². The van der Waals surface area contributed by atoms with Crippen molar-refractivity contribution < 1.29 is 4.79 Å². The molecule has 0 saturated carbocycles. The molecule has 2 nitrogen and oxygen atoms in total. The van der Waals surface area contributed by atoms with E-state index in [4.69, 9.17) is 11.6 Å². The second-order valence-corrected chi connectivity index (χ2v) is 6.57. The Kier molecular flexibility index (Phi) is 4.60. The lowest BCUT2D eigenvalue weighted by atomic mass is 9.69. The highest BCUT2D eigenvalue weighted by molar-refractivity contribution is 6.30. The van der Waals surface area contributed by atoms with E-state index >= 15 is 0 Å². The monoisotopic (exact) mass is 313 g/mol. The molecule has 0 aliphatic carbocycles. The first kappa shape index (κ1) is 15.3. The fourth-order valence-electron chi connectivity index (χ4n) is 3.61. The van der Waals surface area contributed by atoms with Crippen molar-refractivity contribution in [3.8, 4) is 0 Å². The van der Waals surface area contributed by atoms with Crippen LogP contribution in [0.4, 0.5) is 0 Å². The Morgan fingerprint density at radius 3 is 2.55 bits per heavy atom. The average molecular weight is 314 g/mol. The number of hydrogen-bond donors (Lipinski definition) is 1. The molecule has 0 spiro atoms. The van der Waals surface area contributed by atoms with E-state index in [2.05, 4.69) is 41.7 Å². The van der Waals surface area contributed by atoms with E-state index in [1.165, 1.54) is 11.1 Å². The summed E-state index contributed by atoms with van der Waals surface area (Å²) in [5, 5.41) is 4.24. The summed E-state index contributed by atoms with van der Waals surface area (Å²) in [5.41, 5.74) is 2.48. The zero-order chi connectivity index (χ0) is 15.4. The zero-order valence-corrected chi connectivity index (χ0v) is 13.2. The Bertz CT molecular complexity index is 626. The highest BCUT2D eigenvalue weighted by atomic mass is 35.5. The van der Waals surface area contributed by atoms with Gasteiger partial charge in [-0.3, -0.25) is 0 Å². The molecule has 1 saturated heterocycles. The zero-order valence-electron chi connectivity index (χ0n) is 12.5. The maximum atomic E-state index is 11.3. The molecule has 3 heteroatoms. The third kappa shape index (κ3) is 3.08. The van der Waals surface area contributed by atoms with Gasteiger partial charge in [0.15, 0.2) is 0 Å². The molecule has 1 fully saturated rings. The van der Waals surface area contributed by atoms with E-state index < -0.39 is 0 Å². The minimum absolute atomic E-state index is 0.0586. The number of benzene rings is 2. The molecular weight excluding hydrogens is 294 g/mol. The minimum atomic E-state index is -0.0586. The second kappa shape index (κ2) is 6.64. The van der Waals surface area contributed by atoms with Gasteiger partial charge in [-0.2, -0.15) is 0 Å². The van der Waals surface area contributed by atoms with Crippen molar-refractivity contribution in [2.45, 2.75) is 18.8 Å². The molecule has 0 radical (unpaired) electrons. The summed E-state index contributed by atoms with van der Waals surface area (Å²) in [6, 6.07) is 18.5. The van der Waals surface area contributed by atoms with Gasteiger partial charge in [0.2, 0.25) is 0 Å². The lowest BCUT2D eigenvalue weighted by Crippen LogP contribution is -2.32. The Hall–Kier alpha value is -1.64. The van der Waals surface area contributed by atoms with Gasteiger partial charge in [0, 0.05) is 35.9 Å². The summed E-state index contributed by atoms with van der Waals surface area (Å²) in [7, 11) is 0. The summed E-state index contributed by atoms with van der Waals surface area (Å²) in [4.78, 5) is 11.3. The quantitative estimate of drug-likeness (QED) is 0.850. The highest BCUT2D eigenvalue weighted by Crippen LogP contribution is 2.44. The predicted octanol–water partition coefficient (Wildman–Crippen LogP) is 3.84. The third-order valence-electron chi connectivity index (χ3n) is 4.73. The summed E-state index contributed by atoms with van der Waals surface area (Å²) < 4.78 is 0. The number of halogens is 1. The number of hydrogen-bond acceptors (Lipinski definition) is 2. The van der Waals surface area contributed by atoms with Crippen LogP contribution in [0.3, 0.4) is 0 Å². The lowest BCUT2D eigenvalue weighted by Gasteiger charge is -2.34. The Morgan fingerprint density at radius 2 is 1.86 bits per heavy atom. The maximum Gasteiger partial charge on any atom is 0.120 e. The first-order valence-corrected chi connectivity index (χ1v) is 8.05. The molecule has 22 heavy (non-hydrogen) atoms. The molecule has 114 valence electrons. The summed E-state index contributed by atoms with van der Waals surface area (Å²) >= 11 is 6.01. The molecule has 0 bridgehead atoms. The second-order valence-electron chi connectivity index (χ2n) is 6.13. The molecule has 2 aromatic rings. The smallest absolute Gasteiger partial charge is 0.120 e. The van der Waals surface area contributed by atoms with Crippen LogP contribution in [-0.4, -0.2) is 19.4 Å². The standard InChI is InChI=1S/C19H20ClNO/c20-17-8-6-16(7-9-17)18-13-21-14-19(18,10-11-22)12-15-4-2-1-3-5-15/h1-9,11,18,21H,10,12-14H2/t18-,19+/m0/s1. The van der Waals surface area contributed by atoms with E-state index in [9.17, 15) is 4.79 Å². The Morgan fingerprint density at radius 1 is 1.14 bits per heavy atom. The predicted molar refractivity (Wildman–Crippen MR) is 90.3 cm³/mol. The lowest BCUT2D eigenvalue weighted by molar-refractivity contribution is -0.109. The molecule has 3 rings (SSSR count). The number of aldehydes is 1. The topological polar surface area (TPSA) is 29.1 Å². The number of carbonyl (C=O) groups excluding carboxylic acids is 1. The normalized spacial score (nSPS) is 24.3. The first-order chi connectivity index (χ1) is 10.7. The van der Waals surface area contributed by atoms with Crippen LogP contribution >= 0.6 is 11.6 Å². The van der Waals surface area contributed by atoms with Crippen molar-refractivity contribution in [2.24, 2.45) is 5.41 Å². The maximum absolute atomic E-state index is 11.3. The van der Waals surface area contributed by atoms with Crippen LogP contribution in [0.2, 0.25) is 5.02 Å². The van der Waals surface area contributed by atoms with Crippen LogP contribution < -0.4 is 5.32 Å². The van der Waals surface area contributed by atoms with E-state index in [1.54, 1.807) is 0 Å². The molecule has 1 N–H and O–H groups in total. The van der Waals surface area contributed by atoms with Crippen molar-refractivity contribution in [1.82, 2.24) is 5.32 Å². The van der Waals surface area contributed by atoms with E-state index in [0.29, 0.717) is 12.3 Å². The van der Waals surface area contributed by atoms with Crippen molar-refractivity contribution in [3.05, 3.63) is 70.7 Å². The highest BCUT2D eigenvalue weighted by Gasteiger charge is 2.43. The van der Waals surface area contributed by atoms with Gasteiger partial charge in [0.1, 0.15) is 6.29 Å². The SMILES string of the molecule is O=CC[C@@]1(Cc2ccccc2)CNC[C@H]1c1ccc(Cl)cc1. The summed E-state index contributed by atoms with van der Waals surface area (Å²) in [6.07, 6.45) is 2.55.